The largest absolute Gasteiger partial charge is 0.310 e. The number of allylic oxidation sites excluding steroid dienone is 4. The summed E-state index contributed by atoms with van der Waals surface area (Å²) in [5, 5.41) is 2.70. The average molecular weight is 646 g/mol. The number of hydrogen-bond acceptors (Lipinski definition) is 0. The maximum absolute atomic E-state index is 2.76. The highest BCUT2D eigenvalue weighted by molar-refractivity contribution is 6.10. The normalized spacial score (nSPS) is 28.2. The van der Waals surface area contributed by atoms with Gasteiger partial charge in [0.2, 0.25) is 0 Å². The van der Waals surface area contributed by atoms with E-state index in [0.29, 0.717) is 5.92 Å². The molecule has 4 bridgehead atoms. The molecule has 13 rings (SSSR count). The van der Waals surface area contributed by atoms with E-state index in [4.69, 9.17) is 0 Å². The number of benzene rings is 5. The van der Waals surface area contributed by atoms with Crippen LogP contribution in [0.4, 0.5) is 0 Å². The maximum Gasteiger partial charge on any atom is 0.0543 e. The third kappa shape index (κ3) is 3.69. The number of hydrogen-bond donors (Lipinski definition) is 0. The van der Waals surface area contributed by atoms with E-state index < -0.39 is 0 Å². The Morgan fingerprint density at radius 3 is 2.20 bits per heavy atom. The molecule has 1 unspecified atom stereocenters. The van der Waals surface area contributed by atoms with E-state index in [-0.39, 0.29) is 5.41 Å². The van der Waals surface area contributed by atoms with Gasteiger partial charge in [-0.1, -0.05) is 97.1 Å². The minimum atomic E-state index is 0.224. The van der Waals surface area contributed by atoms with Gasteiger partial charge in [0.15, 0.2) is 0 Å². The Morgan fingerprint density at radius 2 is 1.36 bits per heavy atom. The highest BCUT2D eigenvalue weighted by Gasteiger charge is 2.61. The van der Waals surface area contributed by atoms with Gasteiger partial charge in [-0.25, -0.2) is 0 Å². The lowest BCUT2D eigenvalue weighted by atomic mass is 9.43. The summed E-state index contributed by atoms with van der Waals surface area (Å²) in [4.78, 5) is 0. The minimum Gasteiger partial charge on any atom is -0.310 e. The van der Waals surface area contributed by atoms with Crippen LogP contribution in [0.1, 0.15) is 78.7 Å². The second kappa shape index (κ2) is 10.2. The lowest BCUT2D eigenvalue weighted by molar-refractivity contribution is -0.0399. The molecule has 1 nitrogen and oxygen atoms in total. The van der Waals surface area contributed by atoms with Crippen LogP contribution in [-0.4, -0.2) is 4.57 Å². The van der Waals surface area contributed by atoms with Gasteiger partial charge >= 0.3 is 0 Å². The lowest BCUT2D eigenvalue weighted by Gasteiger charge is -2.61. The van der Waals surface area contributed by atoms with Crippen molar-refractivity contribution >= 4 is 27.5 Å². The first-order chi connectivity index (χ1) is 24.7. The summed E-state index contributed by atoms with van der Waals surface area (Å²) in [6.45, 7) is 0. The van der Waals surface area contributed by atoms with Crippen LogP contribution in [0.25, 0.3) is 49.8 Å². The predicted octanol–water partition coefficient (Wildman–Crippen LogP) is 12.3. The quantitative estimate of drug-likeness (QED) is 0.180. The highest BCUT2D eigenvalue weighted by atomic mass is 15.0. The summed E-state index contributed by atoms with van der Waals surface area (Å²) in [5.74, 6) is 4.00. The second-order valence-electron chi connectivity index (χ2n) is 16.8. The van der Waals surface area contributed by atoms with Crippen LogP contribution in [0.15, 0.2) is 121 Å². The number of rotatable bonds is 3. The molecule has 0 amide bonds. The minimum absolute atomic E-state index is 0.224. The van der Waals surface area contributed by atoms with Crippen molar-refractivity contribution in [3.05, 3.63) is 149 Å². The fourth-order valence-corrected chi connectivity index (χ4v) is 12.8. The fraction of sp³-hybridized carbons (Fsp3) is 0.306. The zero-order chi connectivity index (χ0) is 32.6. The lowest BCUT2D eigenvalue weighted by Crippen LogP contribution is -2.55. The molecule has 244 valence electrons. The van der Waals surface area contributed by atoms with Gasteiger partial charge in [0.25, 0.3) is 0 Å². The number of aromatic nitrogens is 1. The molecule has 1 spiro atoms. The summed E-state index contributed by atoms with van der Waals surface area (Å²) >= 11 is 0. The molecule has 7 aliphatic carbocycles. The van der Waals surface area contributed by atoms with E-state index in [2.05, 4.69) is 126 Å². The van der Waals surface area contributed by atoms with Crippen molar-refractivity contribution in [3.63, 3.8) is 0 Å². The first-order valence-corrected chi connectivity index (χ1v) is 19.5. The summed E-state index contributed by atoms with van der Waals surface area (Å²) in [5.41, 5.74) is 18.1. The van der Waals surface area contributed by atoms with Crippen molar-refractivity contribution in [1.82, 2.24) is 4.57 Å². The van der Waals surface area contributed by atoms with E-state index in [1.807, 2.05) is 0 Å². The molecule has 1 aromatic heterocycles. The molecule has 7 aliphatic rings. The number of fused-ring (bicyclic) bond motifs is 9. The molecule has 0 radical (unpaired) electrons. The van der Waals surface area contributed by atoms with Gasteiger partial charge in [-0.15, -0.1) is 0 Å². The molecule has 6 aromatic rings. The van der Waals surface area contributed by atoms with E-state index in [1.165, 1.54) is 87.4 Å². The van der Waals surface area contributed by atoms with Gasteiger partial charge in [0, 0.05) is 21.9 Å². The molecule has 5 aromatic carbocycles. The van der Waals surface area contributed by atoms with Gasteiger partial charge in [-0.3, -0.25) is 0 Å². The van der Waals surface area contributed by atoms with E-state index in [1.54, 1.807) is 22.3 Å². The van der Waals surface area contributed by atoms with Crippen molar-refractivity contribution in [2.45, 2.75) is 69.1 Å². The van der Waals surface area contributed by atoms with Crippen LogP contribution in [0.5, 0.6) is 0 Å². The molecular weight excluding hydrogens is 603 g/mol. The number of para-hydroxylation sites is 1. The van der Waals surface area contributed by atoms with Crippen LogP contribution < -0.4 is 0 Å². The van der Waals surface area contributed by atoms with Gasteiger partial charge < -0.3 is 4.57 Å². The third-order valence-corrected chi connectivity index (χ3v) is 14.4. The molecule has 0 N–H and O–H groups in total. The van der Waals surface area contributed by atoms with Gasteiger partial charge in [-0.05, 0) is 162 Å². The molecule has 1 heteroatoms. The summed E-state index contributed by atoms with van der Waals surface area (Å²) in [6, 6.07) is 40.7. The monoisotopic (exact) mass is 645 g/mol. The highest BCUT2D eigenvalue weighted by Crippen LogP contribution is 2.69. The molecule has 0 aliphatic heterocycles. The smallest absolute Gasteiger partial charge is 0.0543 e. The van der Waals surface area contributed by atoms with Crippen molar-refractivity contribution in [3.8, 4) is 22.3 Å². The average Bonchev–Trinajstić information content (AvgIpc) is 3.63. The topological polar surface area (TPSA) is 4.93 Å². The summed E-state index contributed by atoms with van der Waals surface area (Å²) in [7, 11) is 0. The number of nitrogens with zero attached hydrogens (tertiary/aromatic N) is 1. The summed E-state index contributed by atoms with van der Waals surface area (Å²) in [6.07, 6.45) is 18.7. The van der Waals surface area contributed by atoms with Crippen molar-refractivity contribution in [2.24, 2.45) is 23.7 Å². The van der Waals surface area contributed by atoms with Crippen LogP contribution >= 0.6 is 0 Å². The van der Waals surface area contributed by atoms with Crippen molar-refractivity contribution in [2.75, 3.05) is 0 Å². The second-order valence-corrected chi connectivity index (χ2v) is 16.8. The van der Waals surface area contributed by atoms with E-state index >= 15 is 0 Å². The Morgan fingerprint density at radius 1 is 0.600 bits per heavy atom. The predicted molar refractivity (Wildman–Crippen MR) is 207 cm³/mol. The third-order valence-electron chi connectivity index (χ3n) is 14.4. The Labute approximate surface area is 295 Å². The SMILES string of the molecule is C1=CC(n2c3ccccc3c3ccc(CC4Cc5cc6c(cc5-c5ccccc54)-c4ccccc4C64C5CC6CC(C5)CC4C6)cc32)=CCC1. The Kier molecular flexibility index (Phi) is 5.75. The molecular formula is C49H43N. The first kappa shape index (κ1) is 28.1. The zero-order valence-electron chi connectivity index (χ0n) is 28.7. The Balaban J connectivity index is 0.989. The van der Waals surface area contributed by atoms with Crippen LogP contribution in [0.3, 0.4) is 0 Å². The van der Waals surface area contributed by atoms with Crippen molar-refractivity contribution in [1.29, 1.82) is 0 Å². The van der Waals surface area contributed by atoms with Crippen LogP contribution in [-0.2, 0) is 18.3 Å². The molecule has 4 saturated carbocycles. The molecule has 4 fully saturated rings. The molecule has 1 atom stereocenters. The van der Waals surface area contributed by atoms with Gasteiger partial charge in [0.1, 0.15) is 0 Å². The van der Waals surface area contributed by atoms with Crippen LogP contribution in [0, 0.1) is 23.7 Å². The molecule has 50 heavy (non-hydrogen) atoms. The maximum atomic E-state index is 2.76. The standard InChI is InChI=1S/C49H43N/c1-2-10-37(11-3-1)50-47-17-9-7-15-41(47)42-19-18-30(26-48(42)50)21-33-27-34-28-46-44(29-43(34)39-13-5-4-12-38(33)39)40-14-6-8-16-45(40)49(46)35-22-31-20-32(24-35)25-36(49)23-31/h2,4-19,26,28-29,31-33,35-36H,1,3,20-25,27H2. The van der Waals surface area contributed by atoms with E-state index in [9.17, 15) is 0 Å². The Bertz CT molecular complexity index is 2440. The molecule has 0 saturated heterocycles. The summed E-state index contributed by atoms with van der Waals surface area (Å²) < 4.78 is 2.51. The Hall–Kier alpha value is -4.62. The van der Waals surface area contributed by atoms with Gasteiger partial charge in [-0.2, -0.15) is 0 Å². The zero-order valence-corrected chi connectivity index (χ0v) is 28.7. The van der Waals surface area contributed by atoms with Crippen molar-refractivity contribution < 1.29 is 0 Å². The molecule has 1 heterocycles. The first-order valence-electron chi connectivity index (χ1n) is 19.5. The van der Waals surface area contributed by atoms with Gasteiger partial charge in [0.05, 0.1) is 11.0 Å². The fourth-order valence-electron chi connectivity index (χ4n) is 12.8. The van der Waals surface area contributed by atoms with E-state index in [0.717, 1.165) is 49.4 Å². The van der Waals surface area contributed by atoms with Crippen LogP contribution in [0.2, 0.25) is 0 Å².